The Morgan fingerprint density at radius 1 is 0.500 bits per heavy atom. The van der Waals surface area contributed by atoms with Crippen molar-refractivity contribution in [1.29, 1.82) is 5.26 Å². The van der Waals surface area contributed by atoms with Crippen LogP contribution in [0.3, 0.4) is 0 Å². The molecule has 10 nitrogen and oxygen atoms in total. The van der Waals surface area contributed by atoms with Crippen LogP contribution in [0.1, 0.15) is 61.7 Å². The number of aryl methyl sites for hydroxylation is 4. The molecule has 0 unspecified atom stereocenters. The molecule has 12 aromatic rings. The Kier molecular flexibility index (Phi) is 15.0. The van der Waals surface area contributed by atoms with E-state index in [4.69, 9.17) is 28.3 Å². The number of ether oxygens (including phenoxy) is 2. The van der Waals surface area contributed by atoms with Gasteiger partial charge < -0.3 is 27.3 Å². The highest BCUT2D eigenvalue weighted by Crippen LogP contribution is 2.38. The fourth-order valence-electron chi connectivity index (χ4n) is 11.7. The second kappa shape index (κ2) is 23.1. The summed E-state index contributed by atoms with van der Waals surface area (Å²) in [6.45, 7) is 26.6. The van der Waals surface area contributed by atoms with Gasteiger partial charge >= 0.3 is 13.7 Å². The lowest BCUT2D eigenvalue weighted by Gasteiger charge is -2.26. The van der Waals surface area contributed by atoms with E-state index < -0.39 is 13.7 Å². The van der Waals surface area contributed by atoms with Gasteiger partial charge in [0.15, 0.2) is 11.2 Å². The maximum atomic E-state index is 12.4. The van der Waals surface area contributed by atoms with E-state index >= 15 is 0 Å². The maximum Gasteiger partial charge on any atom is 0.328 e. The van der Waals surface area contributed by atoms with E-state index in [1.54, 1.807) is 0 Å². The average molecular weight is 1100 g/mol. The van der Waals surface area contributed by atoms with Crippen molar-refractivity contribution in [2.24, 2.45) is 11.8 Å². The molecule has 8 aromatic carbocycles. The van der Waals surface area contributed by atoms with Crippen LogP contribution in [0.4, 0.5) is 0 Å². The lowest BCUT2D eigenvalue weighted by Crippen LogP contribution is -2.56. The van der Waals surface area contributed by atoms with Gasteiger partial charge in [0.25, 0.3) is 5.70 Å². The topological polar surface area (TPSA) is 109 Å². The van der Waals surface area contributed by atoms with Gasteiger partial charge in [-0.2, -0.15) is 5.26 Å². The molecular formula is C72H62B2N6O4. The monoisotopic (exact) mass is 1100 g/mol. The molecular weight excluding hydrogens is 1030 g/mol. The van der Waals surface area contributed by atoms with Crippen LogP contribution in [0.15, 0.2) is 203 Å². The third kappa shape index (κ3) is 10.0. The molecule has 84 heavy (non-hydrogen) atoms. The van der Waals surface area contributed by atoms with E-state index in [2.05, 4.69) is 197 Å². The summed E-state index contributed by atoms with van der Waals surface area (Å²) in [4.78, 5) is 15.0. The zero-order chi connectivity index (χ0) is 58.2. The van der Waals surface area contributed by atoms with Gasteiger partial charge in [0, 0.05) is 22.2 Å². The first-order chi connectivity index (χ1) is 40.9. The number of benzene rings is 8. The summed E-state index contributed by atoms with van der Waals surface area (Å²) in [6, 6.07) is 68.3. The largest absolute Gasteiger partial charge is 0.493 e. The maximum absolute atomic E-state index is 12.4. The fraction of sp³-hybridized carbons (Fsp3) is 0.167. The lowest BCUT2D eigenvalue weighted by molar-refractivity contribution is 0.271. The molecule has 0 aliphatic heterocycles. The number of nitrogens with zero attached hydrogens (tertiary/aromatic N) is 6. The Labute approximate surface area is 490 Å². The van der Waals surface area contributed by atoms with Crippen LogP contribution in [0.5, 0.6) is 11.5 Å². The summed E-state index contributed by atoms with van der Waals surface area (Å²) in [7, 11) is 0. The molecule has 12 heteroatoms. The van der Waals surface area contributed by atoms with Crippen molar-refractivity contribution in [3.05, 3.63) is 250 Å². The van der Waals surface area contributed by atoms with Gasteiger partial charge in [0.2, 0.25) is 11.8 Å². The zero-order valence-corrected chi connectivity index (χ0v) is 48.5. The number of hydrogen-bond donors (Lipinski definition) is 0. The van der Waals surface area contributed by atoms with Crippen LogP contribution in [0, 0.1) is 57.4 Å². The first-order valence-electron chi connectivity index (χ1n) is 28.7. The van der Waals surface area contributed by atoms with Gasteiger partial charge in [-0.15, -0.1) is 0 Å². The summed E-state index contributed by atoms with van der Waals surface area (Å²) in [6.07, 6.45) is 0. The van der Waals surface area contributed by atoms with Crippen molar-refractivity contribution in [3.8, 4) is 40.1 Å². The molecule has 0 N–H and O–H groups in total. The van der Waals surface area contributed by atoms with Crippen LogP contribution in [-0.2, 0) is 0 Å². The van der Waals surface area contributed by atoms with Crippen molar-refractivity contribution in [3.63, 3.8) is 0 Å². The molecule has 0 saturated heterocycles. The standard InChI is InChI=1S/C72H62B2N6O4/c1-45(2)43-81-53-38-34-51(35-39-53)67-64-65(70(66(76-9)72-78-61-31-19-21-33-63(61)84-72)80(67)74(58-28-16-12-24-49(58)7)59-29-17-13-25-50(59)8)68(52-36-40-54(41-37-52)82-44-46(3)4)79(69(64)55(42-75)71-77-60-30-18-20-32-62(60)83-71)73(56-26-14-10-22-47(56)5)57-27-15-11-23-48(57)6/h10-41,45-46H,43-44H2,1-8H3/b69-55-,70-66+. The average Bonchev–Trinajstić information content (AvgIpc) is 1.65. The second-order valence-electron chi connectivity index (χ2n) is 22.5. The smallest absolute Gasteiger partial charge is 0.328 e. The molecule has 0 spiro atoms. The minimum absolute atomic E-state index is 0.150. The number of nitriles is 1. The van der Waals surface area contributed by atoms with Gasteiger partial charge in [-0.3, -0.25) is 0 Å². The number of para-hydroxylation sites is 4. The second-order valence-corrected chi connectivity index (χ2v) is 22.5. The third-order valence-electron chi connectivity index (χ3n) is 15.7. The van der Waals surface area contributed by atoms with E-state index in [0.29, 0.717) is 80.2 Å². The molecule has 410 valence electrons. The number of fused-ring (bicyclic) bond motifs is 3. The van der Waals surface area contributed by atoms with Crippen molar-refractivity contribution in [2.75, 3.05) is 13.2 Å². The van der Waals surface area contributed by atoms with Crippen molar-refractivity contribution in [2.45, 2.75) is 55.4 Å². The summed E-state index contributed by atoms with van der Waals surface area (Å²) < 4.78 is 31.2. The highest BCUT2D eigenvalue weighted by Gasteiger charge is 2.39. The minimum atomic E-state index is -0.598. The molecule has 4 aromatic heterocycles. The summed E-state index contributed by atoms with van der Waals surface area (Å²) in [5.41, 5.74) is 13.9. The van der Waals surface area contributed by atoms with E-state index in [1.807, 2.05) is 72.8 Å². The Morgan fingerprint density at radius 2 is 0.857 bits per heavy atom. The molecule has 0 radical (unpaired) electrons. The van der Waals surface area contributed by atoms with Crippen molar-refractivity contribution >= 4 is 79.8 Å². The van der Waals surface area contributed by atoms with E-state index in [1.165, 1.54) is 0 Å². The third-order valence-corrected chi connectivity index (χ3v) is 15.7. The van der Waals surface area contributed by atoms with Gasteiger partial charge in [0.1, 0.15) is 34.2 Å². The number of aromatic nitrogens is 4. The van der Waals surface area contributed by atoms with Gasteiger partial charge in [-0.05, 0) is 145 Å². The van der Waals surface area contributed by atoms with E-state index in [0.717, 1.165) is 66.6 Å². The first-order valence-corrected chi connectivity index (χ1v) is 28.7. The Morgan fingerprint density at radius 3 is 1.24 bits per heavy atom. The Bertz CT molecular complexity index is 4210. The summed E-state index contributed by atoms with van der Waals surface area (Å²) in [5, 5.41) is 14.9. The molecule has 0 atom stereocenters. The van der Waals surface area contributed by atoms with Crippen LogP contribution < -0.4 is 42.0 Å². The fourth-order valence-corrected chi connectivity index (χ4v) is 11.7. The normalized spacial score (nSPS) is 12.2. The highest BCUT2D eigenvalue weighted by atomic mass is 16.5. The molecule has 0 aliphatic rings. The highest BCUT2D eigenvalue weighted by molar-refractivity contribution is 6.86. The molecule has 0 amide bonds. The van der Waals surface area contributed by atoms with Gasteiger partial charge in [-0.1, -0.05) is 171 Å². The molecule has 0 bridgehead atoms. The van der Waals surface area contributed by atoms with Crippen molar-refractivity contribution < 1.29 is 18.3 Å². The number of oxazole rings is 2. The summed E-state index contributed by atoms with van der Waals surface area (Å²) in [5.74, 6) is 2.31. The van der Waals surface area contributed by atoms with Crippen LogP contribution >= 0.6 is 0 Å². The van der Waals surface area contributed by atoms with Gasteiger partial charge in [0.05, 0.1) is 30.5 Å². The predicted octanol–water partition coefficient (Wildman–Crippen LogP) is 12.5. The van der Waals surface area contributed by atoms with Gasteiger partial charge in [-0.25, -0.2) is 14.8 Å². The minimum Gasteiger partial charge on any atom is -0.493 e. The quantitative estimate of drug-likeness (QED) is 0.0700. The predicted molar refractivity (Wildman–Crippen MR) is 342 cm³/mol. The molecule has 0 saturated carbocycles. The number of rotatable bonds is 16. The van der Waals surface area contributed by atoms with E-state index in [-0.39, 0.29) is 23.1 Å². The molecule has 0 aliphatic carbocycles. The number of hydrogen-bond acceptors (Lipinski definition) is 7. The van der Waals surface area contributed by atoms with Crippen LogP contribution in [0.25, 0.3) is 71.6 Å². The first kappa shape index (κ1) is 54.6. The SMILES string of the molecule is [C-]#[N+]/C(c1nc2ccccc2o1)=c1\c2c(-c3ccc(OCC(C)C)cc3)n(B(c3ccccc3C)c3ccccc3C)/c(=C(/C#N)c3nc4ccccc4o3)c2c(-c2ccc(OCC(C)C)cc2)n1B(c1ccccc1C)c1ccccc1C. The van der Waals surface area contributed by atoms with Crippen molar-refractivity contribution in [1.82, 2.24) is 18.9 Å². The van der Waals surface area contributed by atoms with E-state index in [9.17, 15) is 11.8 Å². The van der Waals surface area contributed by atoms with Crippen LogP contribution in [0.2, 0.25) is 0 Å². The Balaban J connectivity index is 1.44. The lowest BCUT2D eigenvalue weighted by atomic mass is 9.48. The Hall–Kier alpha value is -10.0. The molecule has 4 heterocycles. The molecule has 0 fully saturated rings. The molecule has 12 rings (SSSR count). The zero-order valence-electron chi connectivity index (χ0n) is 48.5. The summed E-state index contributed by atoms with van der Waals surface area (Å²) >= 11 is 0. The van der Waals surface area contributed by atoms with Crippen LogP contribution in [-0.4, -0.2) is 45.8 Å².